The Morgan fingerprint density at radius 2 is 1.91 bits per heavy atom. The topological polar surface area (TPSA) is 63.4 Å². The van der Waals surface area contributed by atoms with Crippen molar-refractivity contribution in [3.63, 3.8) is 0 Å². The number of amides is 2. The smallest absolute Gasteiger partial charge is 0.237 e. The molecule has 2 N–H and O–H groups in total. The molecule has 0 saturated carbocycles. The summed E-state index contributed by atoms with van der Waals surface area (Å²) in [6.07, 6.45) is 0. The molecular weight excluding hydrogens is 144 g/mol. The summed E-state index contributed by atoms with van der Waals surface area (Å²) in [6.45, 7) is 3.55. The van der Waals surface area contributed by atoms with Crippen LogP contribution in [0.4, 0.5) is 0 Å². The average Bonchev–Trinajstić information content (AvgIpc) is 1.84. The van der Waals surface area contributed by atoms with E-state index in [1.165, 1.54) is 4.90 Å². The van der Waals surface area contributed by atoms with Gasteiger partial charge in [0.1, 0.15) is 0 Å². The molecule has 0 aliphatic carbocycles. The molecule has 0 unspecified atom stereocenters. The van der Waals surface area contributed by atoms with E-state index in [0.29, 0.717) is 0 Å². The van der Waals surface area contributed by atoms with Crippen LogP contribution in [0, 0.1) is 5.92 Å². The van der Waals surface area contributed by atoms with E-state index in [1.54, 1.807) is 20.9 Å². The van der Waals surface area contributed by atoms with Crippen LogP contribution in [0.15, 0.2) is 0 Å². The Bertz CT molecular complexity index is 166. The normalized spacial score (nSPS) is 9.82. The Balaban J connectivity index is 3.93. The lowest BCUT2D eigenvalue weighted by molar-refractivity contribution is -0.136. The maximum Gasteiger partial charge on any atom is 0.237 e. The fourth-order valence-electron chi connectivity index (χ4n) is 0.752. The molecule has 0 aromatic heterocycles. The van der Waals surface area contributed by atoms with Gasteiger partial charge in [0.25, 0.3) is 0 Å². The van der Waals surface area contributed by atoms with Gasteiger partial charge in [-0.3, -0.25) is 9.59 Å². The molecule has 0 aliphatic heterocycles. The Morgan fingerprint density at radius 1 is 1.45 bits per heavy atom. The molecule has 0 heterocycles. The summed E-state index contributed by atoms with van der Waals surface area (Å²) in [7, 11) is 1.56. The second-order valence-electron chi connectivity index (χ2n) is 2.82. The van der Waals surface area contributed by atoms with Gasteiger partial charge in [0.05, 0.1) is 6.54 Å². The number of carbonyl (C=O) groups is 2. The van der Waals surface area contributed by atoms with Crippen LogP contribution < -0.4 is 5.73 Å². The average molecular weight is 158 g/mol. The lowest BCUT2D eigenvalue weighted by atomic mass is 10.2. The highest BCUT2D eigenvalue weighted by atomic mass is 16.2. The van der Waals surface area contributed by atoms with Crippen LogP contribution in [-0.2, 0) is 9.59 Å². The summed E-state index contributed by atoms with van der Waals surface area (Å²) in [5.41, 5.74) is 4.90. The molecule has 0 aromatic rings. The van der Waals surface area contributed by atoms with Gasteiger partial charge in [-0.1, -0.05) is 13.8 Å². The van der Waals surface area contributed by atoms with Crippen molar-refractivity contribution in [2.75, 3.05) is 13.6 Å². The monoisotopic (exact) mass is 158 g/mol. The van der Waals surface area contributed by atoms with E-state index < -0.39 is 5.91 Å². The minimum absolute atomic E-state index is 0.00296. The number of nitrogens with zero attached hydrogens (tertiary/aromatic N) is 1. The molecule has 64 valence electrons. The number of primary amides is 1. The molecule has 0 aliphatic rings. The summed E-state index contributed by atoms with van der Waals surface area (Å²) < 4.78 is 0. The lowest BCUT2D eigenvalue weighted by Gasteiger charge is -2.16. The SMILES string of the molecule is CC(C)C(=O)N(C)CC(N)=O. The van der Waals surface area contributed by atoms with Gasteiger partial charge < -0.3 is 10.6 Å². The third kappa shape index (κ3) is 3.60. The van der Waals surface area contributed by atoms with Gasteiger partial charge in [0.2, 0.25) is 11.8 Å². The number of hydrogen-bond acceptors (Lipinski definition) is 2. The summed E-state index contributed by atoms with van der Waals surface area (Å²) in [5.74, 6) is -0.635. The predicted molar refractivity (Wildman–Crippen MR) is 41.7 cm³/mol. The number of nitrogens with two attached hydrogens (primary N) is 1. The van der Waals surface area contributed by atoms with Crippen molar-refractivity contribution in [1.82, 2.24) is 4.90 Å². The first-order valence-corrected chi connectivity index (χ1v) is 3.48. The Hall–Kier alpha value is -1.06. The maximum atomic E-state index is 11.1. The van der Waals surface area contributed by atoms with Gasteiger partial charge in [-0.25, -0.2) is 0 Å². The van der Waals surface area contributed by atoms with Crippen molar-refractivity contribution < 1.29 is 9.59 Å². The highest BCUT2D eigenvalue weighted by Gasteiger charge is 2.13. The van der Waals surface area contributed by atoms with E-state index in [1.807, 2.05) is 0 Å². The van der Waals surface area contributed by atoms with Crippen molar-refractivity contribution in [2.24, 2.45) is 11.7 Å². The van der Waals surface area contributed by atoms with Crippen LogP contribution in [0.3, 0.4) is 0 Å². The van der Waals surface area contributed by atoms with Crippen LogP contribution in [0.5, 0.6) is 0 Å². The van der Waals surface area contributed by atoms with E-state index in [2.05, 4.69) is 0 Å². The first-order chi connectivity index (χ1) is 4.95. The molecule has 0 rings (SSSR count). The highest BCUT2D eigenvalue weighted by molar-refractivity contribution is 5.84. The third-order valence-electron chi connectivity index (χ3n) is 1.26. The first-order valence-electron chi connectivity index (χ1n) is 3.48. The predicted octanol–water partition coefficient (Wildman–Crippen LogP) is -0.414. The molecular formula is C7H14N2O2. The van der Waals surface area contributed by atoms with E-state index in [9.17, 15) is 9.59 Å². The van der Waals surface area contributed by atoms with Gasteiger partial charge in [-0.15, -0.1) is 0 Å². The minimum atomic E-state index is -0.485. The molecule has 11 heavy (non-hydrogen) atoms. The Morgan fingerprint density at radius 3 is 2.18 bits per heavy atom. The number of rotatable bonds is 3. The van der Waals surface area contributed by atoms with E-state index in [0.717, 1.165) is 0 Å². The van der Waals surface area contributed by atoms with Crippen molar-refractivity contribution in [3.05, 3.63) is 0 Å². The molecule has 0 spiro atoms. The number of hydrogen-bond donors (Lipinski definition) is 1. The molecule has 0 atom stereocenters. The largest absolute Gasteiger partial charge is 0.368 e. The molecule has 0 aromatic carbocycles. The zero-order valence-corrected chi connectivity index (χ0v) is 7.13. The van der Waals surface area contributed by atoms with Crippen LogP contribution in [-0.4, -0.2) is 30.3 Å². The van der Waals surface area contributed by atoms with Crippen LogP contribution in [0.25, 0.3) is 0 Å². The third-order valence-corrected chi connectivity index (χ3v) is 1.26. The molecule has 0 saturated heterocycles. The molecule has 2 amide bonds. The standard InChI is InChI=1S/C7H14N2O2/c1-5(2)7(11)9(3)4-6(8)10/h5H,4H2,1-3H3,(H2,8,10). The van der Waals surface area contributed by atoms with Gasteiger partial charge in [0, 0.05) is 13.0 Å². The van der Waals surface area contributed by atoms with Crippen LogP contribution >= 0.6 is 0 Å². The van der Waals surface area contributed by atoms with Crippen molar-refractivity contribution in [1.29, 1.82) is 0 Å². The molecule has 0 radical (unpaired) electrons. The number of likely N-dealkylation sites (N-methyl/N-ethyl adjacent to an activating group) is 1. The molecule has 4 nitrogen and oxygen atoms in total. The lowest BCUT2D eigenvalue weighted by Crippen LogP contribution is -2.37. The molecule has 0 bridgehead atoms. The fraction of sp³-hybridized carbons (Fsp3) is 0.714. The fourth-order valence-corrected chi connectivity index (χ4v) is 0.752. The highest BCUT2D eigenvalue weighted by Crippen LogP contribution is 1.97. The summed E-state index contributed by atoms with van der Waals surface area (Å²) >= 11 is 0. The van der Waals surface area contributed by atoms with Crippen molar-refractivity contribution >= 4 is 11.8 Å². The van der Waals surface area contributed by atoms with Gasteiger partial charge in [-0.2, -0.15) is 0 Å². The van der Waals surface area contributed by atoms with Gasteiger partial charge >= 0.3 is 0 Å². The van der Waals surface area contributed by atoms with Crippen LogP contribution in [0.2, 0.25) is 0 Å². The second-order valence-corrected chi connectivity index (χ2v) is 2.82. The van der Waals surface area contributed by atoms with Crippen LogP contribution in [0.1, 0.15) is 13.8 Å². The molecule has 0 fully saturated rings. The Kier molecular flexibility index (Phi) is 3.57. The zero-order chi connectivity index (χ0) is 9.02. The Labute approximate surface area is 66.4 Å². The minimum Gasteiger partial charge on any atom is -0.368 e. The van der Waals surface area contributed by atoms with E-state index in [-0.39, 0.29) is 18.4 Å². The van der Waals surface area contributed by atoms with Crippen molar-refractivity contribution in [3.8, 4) is 0 Å². The van der Waals surface area contributed by atoms with Crippen molar-refractivity contribution in [2.45, 2.75) is 13.8 Å². The summed E-state index contributed by atoms with van der Waals surface area (Å²) in [6, 6.07) is 0. The second kappa shape index (κ2) is 3.95. The van der Waals surface area contributed by atoms with E-state index in [4.69, 9.17) is 5.73 Å². The van der Waals surface area contributed by atoms with Gasteiger partial charge in [-0.05, 0) is 0 Å². The number of carbonyl (C=O) groups excluding carboxylic acids is 2. The van der Waals surface area contributed by atoms with Gasteiger partial charge in [0.15, 0.2) is 0 Å². The molecule has 4 heteroatoms. The zero-order valence-electron chi connectivity index (χ0n) is 7.13. The first kappa shape index (κ1) is 9.94. The van der Waals surface area contributed by atoms with E-state index >= 15 is 0 Å². The summed E-state index contributed by atoms with van der Waals surface area (Å²) in [4.78, 5) is 22.8. The maximum absolute atomic E-state index is 11.1. The summed E-state index contributed by atoms with van der Waals surface area (Å²) in [5, 5.41) is 0. The quantitative estimate of drug-likeness (QED) is 0.606.